The number of alkyl halides is 2. The number of carbonyl (C=O) groups excluding carboxylic acids is 1. The zero-order valence-electron chi connectivity index (χ0n) is 18.1. The fraction of sp³-hybridized carbons (Fsp3) is 0.333. The highest BCUT2D eigenvalue weighted by Crippen LogP contribution is 2.44. The van der Waals surface area contributed by atoms with E-state index in [-0.39, 0.29) is 11.5 Å². The molecular weight excluding hydrogens is 412 g/mol. The van der Waals surface area contributed by atoms with Gasteiger partial charge < -0.3 is 26.3 Å². The summed E-state index contributed by atoms with van der Waals surface area (Å²) in [6.45, 7) is 3.31. The Bertz CT molecular complexity index is 1080. The molecule has 2 aromatic rings. The summed E-state index contributed by atoms with van der Waals surface area (Å²) >= 11 is 0. The molecule has 2 heterocycles. The second-order valence-electron chi connectivity index (χ2n) is 8.25. The summed E-state index contributed by atoms with van der Waals surface area (Å²) < 4.78 is 28.2. The van der Waals surface area contributed by atoms with Gasteiger partial charge in [0.1, 0.15) is 0 Å². The standard InChI is InChI=1S/C24H27F2N5O/c1-14-8-15-9-17(16(11-27)12-28-2)18(24(25)26)10-21(15)31(13-14)20-5-3-4-19-23(20)29-7-6-22(32)30-19/h3-5,9-12,14,24,27-29H,6-8,13H2,1-2H3,(H,30,32)/b16-12+,27-11?/t14-/m1/s1. The molecule has 0 unspecified atom stereocenters. The zero-order chi connectivity index (χ0) is 22.8. The molecule has 4 rings (SSSR count). The molecule has 0 spiro atoms. The third kappa shape index (κ3) is 4.04. The first-order chi connectivity index (χ1) is 15.4. The fourth-order valence-corrected chi connectivity index (χ4v) is 4.49. The minimum absolute atomic E-state index is 0.0547. The topological polar surface area (TPSA) is 80.2 Å². The van der Waals surface area contributed by atoms with E-state index in [0.717, 1.165) is 35.3 Å². The summed E-state index contributed by atoms with van der Waals surface area (Å²) in [7, 11) is 1.68. The van der Waals surface area contributed by atoms with Crippen molar-refractivity contribution in [3.8, 4) is 0 Å². The van der Waals surface area contributed by atoms with Gasteiger partial charge in [-0.15, -0.1) is 0 Å². The van der Waals surface area contributed by atoms with E-state index >= 15 is 0 Å². The van der Waals surface area contributed by atoms with Crippen molar-refractivity contribution in [3.63, 3.8) is 0 Å². The number of fused-ring (bicyclic) bond motifs is 2. The molecule has 6 nitrogen and oxygen atoms in total. The van der Waals surface area contributed by atoms with Crippen LogP contribution in [0.1, 0.15) is 36.5 Å². The van der Waals surface area contributed by atoms with E-state index in [1.54, 1.807) is 25.4 Å². The zero-order valence-corrected chi connectivity index (χ0v) is 18.1. The summed E-state index contributed by atoms with van der Waals surface area (Å²) in [4.78, 5) is 14.1. The monoisotopic (exact) mass is 439 g/mol. The minimum Gasteiger partial charge on any atom is -0.393 e. The molecule has 0 fully saturated rings. The lowest BCUT2D eigenvalue weighted by Crippen LogP contribution is -2.31. The smallest absolute Gasteiger partial charge is 0.264 e. The Labute approximate surface area is 186 Å². The second-order valence-corrected chi connectivity index (χ2v) is 8.25. The Morgan fingerprint density at radius 2 is 2.12 bits per heavy atom. The van der Waals surface area contributed by atoms with Gasteiger partial charge in [-0.3, -0.25) is 4.79 Å². The molecule has 2 aliphatic rings. The maximum absolute atomic E-state index is 14.1. The third-order valence-corrected chi connectivity index (χ3v) is 5.87. The van der Waals surface area contributed by atoms with Crippen LogP contribution < -0.4 is 20.9 Å². The molecule has 4 N–H and O–H groups in total. The highest BCUT2D eigenvalue weighted by atomic mass is 19.3. The predicted octanol–water partition coefficient (Wildman–Crippen LogP) is 4.92. The molecule has 0 bridgehead atoms. The van der Waals surface area contributed by atoms with E-state index in [1.807, 2.05) is 18.2 Å². The molecule has 1 atom stereocenters. The van der Waals surface area contributed by atoms with Crippen LogP contribution in [0.3, 0.4) is 0 Å². The van der Waals surface area contributed by atoms with Crippen LogP contribution in [0.2, 0.25) is 0 Å². The summed E-state index contributed by atoms with van der Waals surface area (Å²) in [6.07, 6.45) is 1.10. The quantitative estimate of drug-likeness (QED) is 0.499. The van der Waals surface area contributed by atoms with Gasteiger partial charge in [-0.25, -0.2) is 8.78 Å². The maximum atomic E-state index is 14.1. The molecule has 8 heteroatoms. The SMILES string of the molecule is CN/C=C(\C=N)c1cc2c(cc1C(F)F)N(c1cccc3c1NCCC(=O)N3)C[C@H](C)C2. The number of hydrogen-bond acceptors (Lipinski definition) is 5. The van der Waals surface area contributed by atoms with Gasteiger partial charge in [-0.2, -0.15) is 0 Å². The molecule has 0 saturated carbocycles. The molecule has 0 radical (unpaired) electrons. The average molecular weight is 440 g/mol. The molecule has 2 aromatic carbocycles. The Kier molecular flexibility index (Phi) is 6.12. The van der Waals surface area contributed by atoms with E-state index in [4.69, 9.17) is 5.41 Å². The number of carbonyl (C=O) groups is 1. The van der Waals surface area contributed by atoms with Crippen LogP contribution in [0, 0.1) is 11.3 Å². The molecule has 2 aliphatic heterocycles. The number of halogens is 2. The highest BCUT2D eigenvalue weighted by Gasteiger charge is 2.29. The van der Waals surface area contributed by atoms with Crippen molar-refractivity contribution < 1.29 is 13.6 Å². The molecule has 1 amide bonds. The van der Waals surface area contributed by atoms with Gasteiger partial charge in [-0.05, 0) is 47.7 Å². The molecule has 0 saturated heterocycles. The van der Waals surface area contributed by atoms with Crippen LogP contribution in [-0.2, 0) is 11.2 Å². The number of nitrogens with one attached hydrogen (secondary N) is 4. The van der Waals surface area contributed by atoms with E-state index in [9.17, 15) is 13.6 Å². The first kappa shape index (κ1) is 21.8. The van der Waals surface area contributed by atoms with E-state index in [2.05, 4.69) is 27.8 Å². The predicted molar refractivity (Wildman–Crippen MR) is 125 cm³/mol. The Morgan fingerprint density at radius 1 is 1.31 bits per heavy atom. The Hall–Kier alpha value is -3.42. The van der Waals surface area contributed by atoms with Gasteiger partial charge in [-0.1, -0.05) is 13.0 Å². The van der Waals surface area contributed by atoms with Crippen LogP contribution >= 0.6 is 0 Å². The van der Waals surface area contributed by atoms with E-state index in [0.29, 0.717) is 42.3 Å². The van der Waals surface area contributed by atoms with Crippen molar-refractivity contribution in [1.82, 2.24) is 5.32 Å². The number of para-hydroxylation sites is 1. The van der Waals surface area contributed by atoms with Crippen molar-refractivity contribution >= 4 is 40.4 Å². The van der Waals surface area contributed by atoms with Gasteiger partial charge in [0.25, 0.3) is 6.43 Å². The van der Waals surface area contributed by atoms with Crippen molar-refractivity contribution in [1.29, 1.82) is 5.41 Å². The van der Waals surface area contributed by atoms with Gasteiger partial charge in [0.2, 0.25) is 5.91 Å². The number of benzene rings is 2. The van der Waals surface area contributed by atoms with Gasteiger partial charge in [0.15, 0.2) is 0 Å². The van der Waals surface area contributed by atoms with Gasteiger partial charge in [0, 0.05) is 55.8 Å². The normalized spacial score (nSPS) is 18.3. The lowest BCUT2D eigenvalue weighted by molar-refractivity contribution is -0.115. The van der Waals surface area contributed by atoms with E-state index in [1.165, 1.54) is 0 Å². The molecule has 0 aromatic heterocycles. The average Bonchev–Trinajstić information content (AvgIpc) is 2.96. The Balaban J connectivity index is 1.88. The van der Waals surface area contributed by atoms with Crippen molar-refractivity contribution in [2.24, 2.45) is 5.92 Å². The number of nitrogens with zero attached hydrogens (tertiary/aromatic N) is 1. The number of anilines is 4. The largest absolute Gasteiger partial charge is 0.393 e. The number of allylic oxidation sites excluding steroid dienone is 1. The number of amides is 1. The van der Waals surface area contributed by atoms with Crippen LogP contribution in [0.25, 0.3) is 5.57 Å². The van der Waals surface area contributed by atoms with Crippen LogP contribution in [-0.4, -0.2) is 32.3 Å². The first-order valence-electron chi connectivity index (χ1n) is 10.7. The molecule has 32 heavy (non-hydrogen) atoms. The van der Waals surface area contributed by atoms with Gasteiger partial charge in [0.05, 0.1) is 17.1 Å². The Morgan fingerprint density at radius 3 is 2.84 bits per heavy atom. The van der Waals surface area contributed by atoms with Crippen LogP contribution in [0.5, 0.6) is 0 Å². The lowest BCUT2D eigenvalue weighted by atomic mass is 9.88. The first-order valence-corrected chi connectivity index (χ1v) is 10.7. The lowest BCUT2D eigenvalue weighted by Gasteiger charge is -2.37. The van der Waals surface area contributed by atoms with Crippen LogP contribution in [0.15, 0.2) is 36.5 Å². The maximum Gasteiger partial charge on any atom is 0.264 e. The number of rotatable bonds is 5. The third-order valence-electron chi connectivity index (χ3n) is 5.87. The van der Waals surface area contributed by atoms with E-state index < -0.39 is 6.43 Å². The van der Waals surface area contributed by atoms with Gasteiger partial charge >= 0.3 is 0 Å². The molecule has 0 aliphatic carbocycles. The number of hydrogen-bond donors (Lipinski definition) is 4. The van der Waals surface area contributed by atoms with Crippen LogP contribution in [0.4, 0.5) is 31.5 Å². The van der Waals surface area contributed by atoms with Crippen molar-refractivity contribution in [2.75, 3.05) is 35.7 Å². The summed E-state index contributed by atoms with van der Waals surface area (Å²) in [5, 5.41) is 16.8. The summed E-state index contributed by atoms with van der Waals surface area (Å²) in [5.41, 5.74) is 4.72. The van der Waals surface area contributed by atoms with Crippen molar-refractivity contribution in [3.05, 3.63) is 53.2 Å². The minimum atomic E-state index is -2.68. The highest BCUT2D eigenvalue weighted by molar-refractivity contribution is 6.09. The second kappa shape index (κ2) is 8.98. The molecular formula is C24H27F2N5O. The summed E-state index contributed by atoms with van der Waals surface area (Å²) in [6, 6.07) is 9.01. The fourth-order valence-electron chi connectivity index (χ4n) is 4.49. The summed E-state index contributed by atoms with van der Waals surface area (Å²) in [5.74, 6) is 0.238. The molecule has 168 valence electrons. The van der Waals surface area contributed by atoms with Crippen molar-refractivity contribution in [2.45, 2.75) is 26.2 Å².